The number of amides is 2. The van der Waals surface area contributed by atoms with Crippen LogP contribution in [0, 0.1) is 0 Å². The van der Waals surface area contributed by atoms with Gasteiger partial charge in [-0.2, -0.15) is 13.2 Å². The van der Waals surface area contributed by atoms with E-state index in [2.05, 4.69) is 10.3 Å². The molecule has 2 heterocycles. The van der Waals surface area contributed by atoms with Crippen molar-refractivity contribution in [1.29, 1.82) is 0 Å². The van der Waals surface area contributed by atoms with Gasteiger partial charge in [0.25, 0.3) is 0 Å². The second kappa shape index (κ2) is 8.77. The van der Waals surface area contributed by atoms with Crippen LogP contribution in [0.15, 0.2) is 12.3 Å². The molecule has 0 unspecified atom stereocenters. The highest BCUT2D eigenvalue weighted by atomic mass is 35.5. The predicted molar refractivity (Wildman–Crippen MR) is 101 cm³/mol. The van der Waals surface area contributed by atoms with Crippen molar-refractivity contribution >= 4 is 23.6 Å². The summed E-state index contributed by atoms with van der Waals surface area (Å²) in [5.74, 6) is -0.534. The van der Waals surface area contributed by atoms with E-state index in [4.69, 9.17) is 16.3 Å². The van der Waals surface area contributed by atoms with Gasteiger partial charge in [-0.3, -0.25) is 9.69 Å². The molecular formula is C19H25ClF3N3O3. The maximum Gasteiger partial charge on any atom is 0.418 e. The van der Waals surface area contributed by atoms with Gasteiger partial charge in [0.2, 0.25) is 5.91 Å². The molecule has 1 fully saturated rings. The molecule has 29 heavy (non-hydrogen) atoms. The van der Waals surface area contributed by atoms with Crippen LogP contribution in [0.1, 0.15) is 58.1 Å². The van der Waals surface area contributed by atoms with Crippen molar-refractivity contribution in [2.24, 2.45) is 0 Å². The van der Waals surface area contributed by atoms with E-state index >= 15 is 0 Å². The van der Waals surface area contributed by atoms with Crippen molar-refractivity contribution in [2.45, 2.75) is 77.4 Å². The number of ether oxygens (including phenoxy) is 1. The van der Waals surface area contributed by atoms with Gasteiger partial charge >= 0.3 is 12.3 Å². The van der Waals surface area contributed by atoms with E-state index in [9.17, 15) is 22.8 Å². The summed E-state index contributed by atoms with van der Waals surface area (Å²) in [6, 6.07) is 0.0999. The third kappa shape index (κ3) is 5.98. The van der Waals surface area contributed by atoms with Gasteiger partial charge in [0, 0.05) is 18.8 Å². The Morgan fingerprint density at radius 2 is 1.97 bits per heavy atom. The van der Waals surface area contributed by atoms with Crippen molar-refractivity contribution in [3.05, 3.63) is 28.5 Å². The Morgan fingerprint density at radius 1 is 1.31 bits per heavy atom. The number of likely N-dealkylation sites (tertiary alicyclic amines) is 1. The van der Waals surface area contributed by atoms with Crippen LogP contribution in [0.25, 0.3) is 0 Å². The van der Waals surface area contributed by atoms with E-state index in [0.29, 0.717) is 25.5 Å². The lowest BCUT2D eigenvalue weighted by Gasteiger charge is -2.31. The maximum absolute atomic E-state index is 13.2. The summed E-state index contributed by atoms with van der Waals surface area (Å²) in [6.07, 6.45) is -2.93. The summed E-state index contributed by atoms with van der Waals surface area (Å²) in [6.45, 7) is 6.69. The van der Waals surface area contributed by atoms with E-state index in [1.54, 1.807) is 20.8 Å². The molecule has 1 aromatic rings. The van der Waals surface area contributed by atoms with Crippen LogP contribution in [0.4, 0.5) is 18.0 Å². The fourth-order valence-electron chi connectivity index (χ4n) is 3.30. The monoisotopic (exact) mass is 435 g/mol. The number of carbonyl (C=O) groups excluding carboxylic acids is 2. The zero-order valence-corrected chi connectivity index (χ0v) is 17.5. The van der Waals surface area contributed by atoms with E-state index < -0.39 is 35.4 Å². The molecule has 1 N–H and O–H groups in total. The average Bonchev–Trinajstić information content (AvgIpc) is 3.01. The minimum absolute atomic E-state index is 0.107. The van der Waals surface area contributed by atoms with Gasteiger partial charge in [0.1, 0.15) is 16.8 Å². The minimum Gasteiger partial charge on any atom is -0.444 e. The Kier molecular flexibility index (Phi) is 7.03. The standard InChI is InChI=1S/C19H25ClF3N3O3/c1-5-12-6-7-14(26(12)17(28)29-18(2,3)4)16(27)25-9-11-8-15(20)24-10-13(11)19(21,22)23/h8,10,12,14H,5-7,9H2,1-4H3,(H,25,27)/t12-,14-/m0/s1. The number of hydrogen-bond acceptors (Lipinski definition) is 4. The zero-order valence-electron chi connectivity index (χ0n) is 16.8. The normalized spacial score (nSPS) is 19.9. The molecule has 2 atom stereocenters. The largest absolute Gasteiger partial charge is 0.444 e. The number of rotatable bonds is 4. The molecular weight excluding hydrogens is 411 g/mol. The molecule has 2 rings (SSSR count). The molecule has 0 spiro atoms. The second-order valence-electron chi connectivity index (χ2n) is 7.92. The number of aromatic nitrogens is 1. The van der Waals surface area contributed by atoms with E-state index in [0.717, 1.165) is 6.07 Å². The lowest BCUT2D eigenvalue weighted by molar-refractivity contribution is -0.138. The molecule has 2 amide bonds. The molecule has 10 heteroatoms. The van der Waals surface area contributed by atoms with E-state index in [1.165, 1.54) is 4.90 Å². The highest BCUT2D eigenvalue weighted by Gasteiger charge is 2.42. The van der Waals surface area contributed by atoms with Gasteiger partial charge in [0.05, 0.1) is 5.56 Å². The number of nitrogens with zero attached hydrogens (tertiary/aromatic N) is 2. The smallest absolute Gasteiger partial charge is 0.418 e. The van der Waals surface area contributed by atoms with Crippen molar-refractivity contribution < 1.29 is 27.5 Å². The van der Waals surface area contributed by atoms with Crippen molar-refractivity contribution in [1.82, 2.24) is 15.2 Å². The molecule has 1 aromatic heterocycles. The van der Waals surface area contributed by atoms with Crippen molar-refractivity contribution in [3.63, 3.8) is 0 Å². The fourth-order valence-corrected chi connectivity index (χ4v) is 3.48. The first kappa shape index (κ1) is 23.3. The summed E-state index contributed by atoms with van der Waals surface area (Å²) in [5.41, 5.74) is -1.89. The Hall–Kier alpha value is -2.03. The molecule has 0 aliphatic carbocycles. The summed E-state index contributed by atoms with van der Waals surface area (Å²) in [4.78, 5) is 30.2. The fraction of sp³-hybridized carbons (Fsp3) is 0.632. The number of halogens is 4. The van der Waals surface area contributed by atoms with Gasteiger partial charge < -0.3 is 10.1 Å². The molecule has 0 radical (unpaired) electrons. The first-order valence-electron chi connectivity index (χ1n) is 9.34. The van der Waals surface area contributed by atoms with Crippen LogP contribution in [0.3, 0.4) is 0 Å². The number of alkyl halides is 3. The third-order valence-electron chi connectivity index (χ3n) is 4.60. The highest BCUT2D eigenvalue weighted by Crippen LogP contribution is 2.33. The Balaban J connectivity index is 2.16. The van der Waals surface area contributed by atoms with E-state index in [-0.39, 0.29) is 23.3 Å². The quantitative estimate of drug-likeness (QED) is 0.704. The van der Waals surface area contributed by atoms with Gasteiger partial charge in [-0.1, -0.05) is 18.5 Å². The van der Waals surface area contributed by atoms with Crippen molar-refractivity contribution in [3.8, 4) is 0 Å². The summed E-state index contributed by atoms with van der Waals surface area (Å²) >= 11 is 5.71. The summed E-state index contributed by atoms with van der Waals surface area (Å²) < 4.78 is 44.9. The zero-order chi connectivity index (χ0) is 22.0. The summed E-state index contributed by atoms with van der Waals surface area (Å²) in [7, 11) is 0. The lowest BCUT2D eigenvalue weighted by atomic mass is 10.1. The Labute approximate surface area is 172 Å². The van der Waals surface area contributed by atoms with E-state index in [1.807, 2.05) is 6.92 Å². The highest BCUT2D eigenvalue weighted by molar-refractivity contribution is 6.29. The number of hydrogen-bond donors (Lipinski definition) is 1. The molecule has 1 saturated heterocycles. The van der Waals surface area contributed by atoms with Crippen LogP contribution in [-0.4, -0.2) is 39.6 Å². The predicted octanol–water partition coefficient (Wildman–Crippen LogP) is 4.55. The first-order valence-corrected chi connectivity index (χ1v) is 9.72. The first-order chi connectivity index (χ1) is 13.3. The lowest BCUT2D eigenvalue weighted by Crippen LogP contribution is -2.50. The Bertz CT molecular complexity index is 765. The minimum atomic E-state index is -4.62. The number of nitrogens with one attached hydrogen (secondary N) is 1. The molecule has 1 aliphatic heterocycles. The Morgan fingerprint density at radius 3 is 2.52 bits per heavy atom. The molecule has 162 valence electrons. The van der Waals surface area contributed by atoms with Crippen LogP contribution >= 0.6 is 11.6 Å². The van der Waals surface area contributed by atoms with Crippen LogP contribution < -0.4 is 5.32 Å². The third-order valence-corrected chi connectivity index (χ3v) is 4.80. The van der Waals surface area contributed by atoms with Crippen LogP contribution in [-0.2, 0) is 22.3 Å². The van der Waals surface area contributed by atoms with Crippen molar-refractivity contribution in [2.75, 3.05) is 0 Å². The van der Waals surface area contributed by atoms with Gasteiger partial charge in [-0.25, -0.2) is 9.78 Å². The van der Waals surface area contributed by atoms with Gasteiger partial charge in [-0.05, 0) is 51.7 Å². The maximum atomic E-state index is 13.2. The average molecular weight is 436 g/mol. The topological polar surface area (TPSA) is 71.5 Å². The SMILES string of the molecule is CC[C@H]1CC[C@@H](C(=O)NCc2cc(Cl)ncc2C(F)(F)F)N1C(=O)OC(C)(C)C. The van der Waals surface area contributed by atoms with Crippen LogP contribution in [0.5, 0.6) is 0 Å². The molecule has 0 aromatic carbocycles. The second-order valence-corrected chi connectivity index (χ2v) is 8.31. The molecule has 0 saturated carbocycles. The molecule has 0 bridgehead atoms. The molecule has 6 nitrogen and oxygen atoms in total. The summed E-state index contributed by atoms with van der Waals surface area (Å²) in [5, 5.41) is 2.39. The van der Waals surface area contributed by atoms with Crippen LogP contribution in [0.2, 0.25) is 5.15 Å². The molecule has 1 aliphatic rings. The number of pyridine rings is 1. The number of carbonyl (C=O) groups is 2. The van der Waals surface area contributed by atoms with Gasteiger partial charge in [-0.15, -0.1) is 0 Å². The van der Waals surface area contributed by atoms with Gasteiger partial charge in [0.15, 0.2) is 0 Å².